The van der Waals surface area contributed by atoms with Crippen molar-refractivity contribution in [2.24, 2.45) is 0 Å². The molecule has 0 unspecified atom stereocenters. The molecule has 0 radical (unpaired) electrons. The molecule has 0 nitrogen and oxygen atoms in total. The van der Waals surface area contributed by atoms with E-state index in [-0.39, 0.29) is 0 Å². The van der Waals surface area contributed by atoms with Gasteiger partial charge in [-0.05, 0) is 0 Å². The molecule has 0 aliphatic rings. The molecule has 0 aliphatic heterocycles. The third kappa shape index (κ3) is 3.73. The molecule has 0 saturated heterocycles. The van der Waals surface area contributed by atoms with E-state index in [1.54, 1.807) is 9.81 Å². The fraction of sp³-hybridized carbons (Fsp3) is 0.182. The fourth-order valence-electron chi connectivity index (χ4n) is 3.02. The monoisotopic (exact) mass is 496 g/mol. The van der Waals surface area contributed by atoms with Gasteiger partial charge in [0.1, 0.15) is 0 Å². The Bertz CT molecular complexity index is 787. The second kappa shape index (κ2) is 6.97. The Hall–Kier alpha value is -1.46. The predicted molar refractivity (Wildman–Crippen MR) is 103 cm³/mol. The van der Waals surface area contributed by atoms with Crippen LogP contribution in [0.15, 0.2) is 66.7 Å². The molecule has 1 heteroatoms. The molecule has 0 atom stereocenters. The summed E-state index contributed by atoms with van der Waals surface area (Å²) in [6.07, 6.45) is 0. The molecular weight excluding hydrogens is 473 g/mol. The Balaban J connectivity index is 2.21. The van der Waals surface area contributed by atoms with Crippen LogP contribution in [-0.4, -0.2) is 21.8 Å². The summed E-state index contributed by atoms with van der Waals surface area (Å²) in [5, 5.41) is 0. The maximum atomic E-state index is 2.40. The second-order valence-corrected chi connectivity index (χ2v) is 14.8. The summed E-state index contributed by atoms with van der Waals surface area (Å²) in [5.74, 6) is 0. The Morgan fingerprint density at radius 1 is 0.565 bits per heavy atom. The molecular formula is C22H23Bi. The van der Waals surface area contributed by atoms with Gasteiger partial charge < -0.3 is 0 Å². The molecule has 3 rings (SSSR count). The van der Waals surface area contributed by atoms with Gasteiger partial charge in [0.15, 0.2) is 0 Å². The molecule has 116 valence electrons. The van der Waals surface area contributed by atoms with Crippen molar-refractivity contribution in [3.8, 4) is 0 Å². The van der Waals surface area contributed by atoms with Gasteiger partial charge in [-0.3, -0.25) is 0 Å². The van der Waals surface area contributed by atoms with E-state index in [1.165, 1.54) is 22.3 Å². The third-order valence-electron chi connectivity index (χ3n) is 4.11. The van der Waals surface area contributed by atoms with Crippen molar-refractivity contribution in [1.82, 2.24) is 0 Å². The number of hydrogen-bond donors (Lipinski definition) is 0. The van der Waals surface area contributed by atoms with Crippen LogP contribution in [0.4, 0.5) is 0 Å². The Labute approximate surface area is 147 Å². The van der Waals surface area contributed by atoms with Gasteiger partial charge in [0.05, 0.1) is 0 Å². The number of aryl methyl sites for hydroxylation is 4. The van der Waals surface area contributed by atoms with E-state index in [4.69, 9.17) is 0 Å². The van der Waals surface area contributed by atoms with E-state index in [9.17, 15) is 0 Å². The van der Waals surface area contributed by atoms with E-state index < -0.39 is 21.8 Å². The zero-order valence-electron chi connectivity index (χ0n) is 14.3. The van der Waals surface area contributed by atoms with Crippen LogP contribution in [0.3, 0.4) is 0 Å². The van der Waals surface area contributed by atoms with Gasteiger partial charge in [0.2, 0.25) is 0 Å². The summed E-state index contributed by atoms with van der Waals surface area (Å²) in [4.78, 5) is 0. The van der Waals surface area contributed by atoms with Crippen LogP contribution in [0.1, 0.15) is 22.3 Å². The summed E-state index contributed by atoms with van der Waals surface area (Å²) in [6, 6.07) is 25.3. The van der Waals surface area contributed by atoms with Gasteiger partial charge in [0, 0.05) is 0 Å². The average Bonchev–Trinajstić information content (AvgIpc) is 2.50. The first-order valence-electron chi connectivity index (χ1n) is 8.05. The van der Waals surface area contributed by atoms with Crippen LogP contribution >= 0.6 is 0 Å². The first kappa shape index (κ1) is 16.4. The Kier molecular flexibility index (Phi) is 4.97. The van der Waals surface area contributed by atoms with Crippen molar-refractivity contribution < 1.29 is 0 Å². The molecule has 0 heterocycles. The van der Waals surface area contributed by atoms with E-state index in [1.807, 2.05) is 0 Å². The first-order chi connectivity index (χ1) is 11.0. The van der Waals surface area contributed by atoms with Gasteiger partial charge in [-0.15, -0.1) is 0 Å². The zero-order chi connectivity index (χ0) is 16.4. The molecule has 0 fully saturated rings. The fourth-order valence-corrected chi connectivity index (χ4v) is 13.2. The van der Waals surface area contributed by atoms with Gasteiger partial charge in [-0.25, -0.2) is 0 Å². The van der Waals surface area contributed by atoms with Crippen LogP contribution in [0.25, 0.3) is 0 Å². The van der Waals surface area contributed by atoms with Gasteiger partial charge >= 0.3 is 148 Å². The minimum absolute atomic E-state index is 1.35. The quantitative estimate of drug-likeness (QED) is 0.488. The molecule has 3 aromatic rings. The summed E-state index contributed by atoms with van der Waals surface area (Å²) in [7, 11) is 0. The second-order valence-electron chi connectivity index (χ2n) is 6.30. The SMILES string of the molecule is Cc1ccc[c]([Bi]([c]2cccc(C)c2)[c]2ccc(C)cc2C)c1. The van der Waals surface area contributed by atoms with Crippen molar-refractivity contribution in [2.45, 2.75) is 27.7 Å². The van der Waals surface area contributed by atoms with Gasteiger partial charge in [-0.1, -0.05) is 0 Å². The van der Waals surface area contributed by atoms with Crippen LogP contribution < -0.4 is 9.81 Å². The normalized spacial score (nSPS) is 11.0. The van der Waals surface area contributed by atoms with Crippen LogP contribution in [0.5, 0.6) is 0 Å². The number of benzene rings is 3. The van der Waals surface area contributed by atoms with Gasteiger partial charge in [-0.2, -0.15) is 0 Å². The predicted octanol–water partition coefficient (Wildman–Crippen LogP) is 3.44. The third-order valence-corrected chi connectivity index (χ3v) is 14.1. The van der Waals surface area contributed by atoms with Crippen molar-refractivity contribution in [3.63, 3.8) is 0 Å². The summed E-state index contributed by atoms with van der Waals surface area (Å²) < 4.78 is 4.73. The molecule has 0 spiro atoms. The molecule has 0 bridgehead atoms. The van der Waals surface area contributed by atoms with E-state index >= 15 is 0 Å². The standard InChI is InChI=1S/C8H9.2C7H7.Bi/c1-7-4-3-5-8(2)6-7;2*1-7-5-3-2-4-6-7;/h3-4,6H,1-2H3;2*2-3,5-6H,1H3;. The zero-order valence-corrected chi connectivity index (χ0v) is 17.8. The molecule has 0 saturated carbocycles. The summed E-state index contributed by atoms with van der Waals surface area (Å²) in [5.41, 5.74) is 5.52. The van der Waals surface area contributed by atoms with E-state index in [0.717, 1.165) is 0 Å². The molecule has 0 aliphatic carbocycles. The Morgan fingerprint density at radius 2 is 1.09 bits per heavy atom. The van der Waals surface area contributed by atoms with Crippen molar-refractivity contribution in [3.05, 3.63) is 89.0 Å². The molecule has 0 aromatic heterocycles. The molecule has 0 amide bonds. The number of rotatable bonds is 3. The van der Waals surface area contributed by atoms with Gasteiger partial charge in [0.25, 0.3) is 0 Å². The average molecular weight is 496 g/mol. The van der Waals surface area contributed by atoms with Crippen LogP contribution in [0, 0.1) is 27.7 Å². The molecule has 0 N–H and O–H groups in total. The topological polar surface area (TPSA) is 0 Å². The van der Waals surface area contributed by atoms with Crippen LogP contribution in [-0.2, 0) is 0 Å². The molecule has 23 heavy (non-hydrogen) atoms. The van der Waals surface area contributed by atoms with Crippen LogP contribution in [0.2, 0.25) is 0 Å². The molecule has 3 aromatic carbocycles. The van der Waals surface area contributed by atoms with Crippen molar-refractivity contribution >= 4 is 31.6 Å². The maximum absolute atomic E-state index is 2.40. The van der Waals surface area contributed by atoms with Crippen molar-refractivity contribution in [1.29, 1.82) is 0 Å². The minimum atomic E-state index is -2.22. The summed E-state index contributed by atoms with van der Waals surface area (Å²) >= 11 is -2.22. The Morgan fingerprint density at radius 3 is 1.57 bits per heavy atom. The number of hydrogen-bond acceptors (Lipinski definition) is 0. The van der Waals surface area contributed by atoms with Crippen molar-refractivity contribution in [2.75, 3.05) is 0 Å². The van der Waals surface area contributed by atoms with E-state index in [2.05, 4.69) is 94.4 Å². The summed E-state index contributed by atoms with van der Waals surface area (Å²) in [6.45, 7) is 8.85. The first-order valence-corrected chi connectivity index (χ1v) is 13.3. The van der Waals surface area contributed by atoms with E-state index in [0.29, 0.717) is 0 Å².